The van der Waals surface area contributed by atoms with Gasteiger partial charge in [0.2, 0.25) is 0 Å². The summed E-state index contributed by atoms with van der Waals surface area (Å²) in [7, 11) is 1.61. The van der Waals surface area contributed by atoms with Crippen molar-refractivity contribution in [1.82, 2.24) is 5.32 Å². The van der Waals surface area contributed by atoms with Crippen LogP contribution in [0.1, 0.15) is 43.0 Å². The molecule has 19 heavy (non-hydrogen) atoms. The molecule has 0 spiro atoms. The first kappa shape index (κ1) is 13.7. The normalized spacial score (nSPS) is 22.8. The van der Waals surface area contributed by atoms with Gasteiger partial charge in [0, 0.05) is 12.6 Å². The Bertz CT molecular complexity index is 451. The lowest BCUT2D eigenvalue weighted by Crippen LogP contribution is -2.24. The second-order valence-corrected chi connectivity index (χ2v) is 5.33. The summed E-state index contributed by atoms with van der Waals surface area (Å²) in [6.45, 7) is 2.27. The van der Waals surface area contributed by atoms with Crippen molar-refractivity contribution >= 4 is 11.6 Å². The van der Waals surface area contributed by atoms with E-state index in [0.717, 1.165) is 18.8 Å². The maximum atomic E-state index is 11.6. The smallest absolute Gasteiger partial charge is 0.251 e. The van der Waals surface area contributed by atoms with E-state index in [9.17, 15) is 4.79 Å². The van der Waals surface area contributed by atoms with Gasteiger partial charge in [-0.3, -0.25) is 4.79 Å². The monoisotopic (exact) mass is 262 g/mol. The summed E-state index contributed by atoms with van der Waals surface area (Å²) in [5, 5.41) is 2.60. The van der Waals surface area contributed by atoms with Crippen molar-refractivity contribution in [3.63, 3.8) is 0 Å². The summed E-state index contributed by atoms with van der Waals surface area (Å²) < 4.78 is 5.96. The molecule has 4 heteroatoms. The van der Waals surface area contributed by atoms with Gasteiger partial charge in [0.1, 0.15) is 5.75 Å². The molecule has 0 heterocycles. The Balaban J connectivity index is 2.08. The van der Waals surface area contributed by atoms with Gasteiger partial charge in [0.05, 0.1) is 11.8 Å². The van der Waals surface area contributed by atoms with Crippen molar-refractivity contribution in [2.24, 2.45) is 5.92 Å². The molecule has 1 amide bonds. The highest BCUT2D eigenvalue weighted by Gasteiger charge is 2.20. The third-order valence-electron chi connectivity index (χ3n) is 3.76. The Morgan fingerprint density at radius 2 is 2.00 bits per heavy atom. The lowest BCUT2D eigenvalue weighted by Gasteiger charge is -2.27. The lowest BCUT2D eigenvalue weighted by atomic mass is 9.89. The summed E-state index contributed by atoms with van der Waals surface area (Å²) >= 11 is 0. The molecule has 1 fully saturated rings. The van der Waals surface area contributed by atoms with Gasteiger partial charge in [-0.2, -0.15) is 0 Å². The first-order chi connectivity index (χ1) is 9.10. The Hall–Kier alpha value is -1.71. The predicted molar refractivity (Wildman–Crippen MR) is 76.3 cm³/mol. The highest BCUT2D eigenvalue weighted by Crippen LogP contribution is 2.30. The van der Waals surface area contributed by atoms with E-state index in [2.05, 4.69) is 12.2 Å². The average Bonchev–Trinajstić information content (AvgIpc) is 2.43. The second kappa shape index (κ2) is 5.95. The van der Waals surface area contributed by atoms with E-state index >= 15 is 0 Å². The van der Waals surface area contributed by atoms with Gasteiger partial charge in [-0.25, -0.2) is 0 Å². The standard InChI is InChI=1S/C15H22N2O2/c1-10-3-6-12(7-4-10)19-14-9-11(15(18)17-2)5-8-13(14)16/h5,8-10,12H,3-4,6-7,16H2,1-2H3,(H,17,18). The number of benzene rings is 1. The van der Waals surface area contributed by atoms with Gasteiger partial charge in [0.15, 0.2) is 0 Å². The van der Waals surface area contributed by atoms with Gasteiger partial charge < -0.3 is 15.8 Å². The summed E-state index contributed by atoms with van der Waals surface area (Å²) in [6.07, 6.45) is 4.73. The van der Waals surface area contributed by atoms with Crippen LogP contribution in [0.2, 0.25) is 0 Å². The molecule has 2 rings (SSSR count). The molecule has 1 aliphatic rings. The second-order valence-electron chi connectivity index (χ2n) is 5.33. The lowest BCUT2D eigenvalue weighted by molar-refractivity contribution is 0.0961. The van der Waals surface area contributed by atoms with E-state index in [1.807, 2.05) is 0 Å². The predicted octanol–water partition coefficient (Wildman–Crippen LogP) is 2.59. The fourth-order valence-electron chi connectivity index (χ4n) is 2.45. The first-order valence-corrected chi connectivity index (χ1v) is 6.88. The van der Waals surface area contributed by atoms with E-state index in [1.54, 1.807) is 25.2 Å². The van der Waals surface area contributed by atoms with Crippen LogP contribution in [-0.2, 0) is 0 Å². The number of nitrogens with one attached hydrogen (secondary N) is 1. The highest BCUT2D eigenvalue weighted by molar-refractivity contribution is 5.95. The number of carbonyl (C=O) groups is 1. The molecule has 0 unspecified atom stereocenters. The molecular formula is C15H22N2O2. The number of carbonyl (C=O) groups excluding carboxylic acids is 1. The van der Waals surface area contributed by atoms with Crippen LogP contribution in [0.3, 0.4) is 0 Å². The largest absolute Gasteiger partial charge is 0.488 e. The van der Waals surface area contributed by atoms with E-state index in [-0.39, 0.29) is 12.0 Å². The average molecular weight is 262 g/mol. The van der Waals surface area contributed by atoms with Crippen molar-refractivity contribution in [2.75, 3.05) is 12.8 Å². The van der Waals surface area contributed by atoms with Crippen LogP contribution >= 0.6 is 0 Å². The SMILES string of the molecule is CNC(=O)c1ccc(N)c(OC2CCC(C)CC2)c1. The van der Waals surface area contributed by atoms with Crippen molar-refractivity contribution in [3.05, 3.63) is 23.8 Å². The minimum Gasteiger partial charge on any atom is -0.488 e. The number of hydrogen-bond acceptors (Lipinski definition) is 3. The molecular weight excluding hydrogens is 240 g/mol. The van der Waals surface area contributed by atoms with Crippen LogP contribution in [0.15, 0.2) is 18.2 Å². The van der Waals surface area contributed by atoms with Crippen molar-refractivity contribution in [2.45, 2.75) is 38.7 Å². The van der Waals surface area contributed by atoms with Gasteiger partial charge in [-0.15, -0.1) is 0 Å². The summed E-state index contributed by atoms with van der Waals surface area (Å²) in [6, 6.07) is 5.17. The van der Waals surface area contributed by atoms with Gasteiger partial charge in [0.25, 0.3) is 5.91 Å². The molecule has 1 aromatic rings. The zero-order valence-corrected chi connectivity index (χ0v) is 11.6. The Labute approximate surface area is 114 Å². The fraction of sp³-hybridized carbons (Fsp3) is 0.533. The van der Waals surface area contributed by atoms with Crippen molar-refractivity contribution in [3.8, 4) is 5.75 Å². The minimum absolute atomic E-state index is 0.123. The van der Waals surface area contributed by atoms with Gasteiger partial charge in [-0.1, -0.05) is 6.92 Å². The molecule has 0 radical (unpaired) electrons. The van der Waals surface area contributed by atoms with Gasteiger partial charge >= 0.3 is 0 Å². The zero-order valence-electron chi connectivity index (χ0n) is 11.6. The van der Waals surface area contributed by atoms with E-state index in [1.165, 1.54) is 12.8 Å². The third-order valence-corrected chi connectivity index (χ3v) is 3.76. The van der Waals surface area contributed by atoms with Crippen LogP contribution < -0.4 is 15.8 Å². The molecule has 1 saturated carbocycles. The number of amides is 1. The van der Waals surface area contributed by atoms with Crippen molar-refractivity contribution in [1.29, 1.82) is 0 Å². The number of ether oxygens (including phenoxy) is 1. The summed E-state index contributed by atoms with van der Waals surface area (Å²) in [4.78, 5) is 11.6. The molecule has 1 aliphatic carbocycles. The van der Waals surface area contributed by atoms with E-state index in [4.69, 9.17) is 10.5 Å². The highest BCUT2D eigenvalue weighted by atomic mass is 16.5. The van der Waals surface area contributed by atoms with Crippen LogP contribution in [0.5, 0.6) is 5.75 Å². The Morgan fingerprint density at radius 3 is 2.63 bits per heavy atom. The third kappa shape index (κ3) is 3.40. The quantitative estimate of drug-likeness (QED) is 0.823. The maximum absolute atomic E-state index is 11.6. The van der Waals surface area contributed by atoms with Crippen LogP contribution in [-0.4, -0.2) is 19.1 Å². The minimum atomic E-state index is -0.123. The molecule has 0 saturated heterocycles. The topological polar surface area (TPSA) is 64.4 Å². The molecule has 0 aromatic heterocycles. The molecule has 3 N–H and O–H groups in total. The molecule has 4 nitrogen and oxygen atoms in total. The van der Waals surface area contributed by atoms with Crippen LogP contribution in [0, 0.1) is 5.92 Å². The summed E-state index contributed by atoms with van der Waals surface area (Å²) in [5.74, 6) is 1.29. The molecule has 0 bridgehead atoms. The maximum Gasteiger partial charge on any atom is 0.251 e. The fourth-order valence-corrected chi connectivity index (χ4v) is 2.45. The van der Waals surface area contributed by atoms with Gasteiger partial charge in [-0.05, 0) is 49.8 Å². The number of hydrogen-bond donors (Lipinski definition) is 2. The Morgan fingerprint density at radius 1 is 1.32 bits per heavy atom. The van der Waals surface area contributed by atoms with Crippen molar-refractivity contribution < 1.29 is 9.53 Å². The Kier molecular flexibility index (Phi) is 4.30. The van der Waals surface area contributed by atoms with Crippen LogP contribution in [0.25, 0.3) is 0 Å². The number of rotatable bonds is 3. The summed E-state index contributed by atoms with van der Waals surface area (Å²) in [5.41, 5.74) is 7.09. The van der Waals surface area contributed by atoms with E-state index in [0.29, 0.717) is 17.0 Å². The molecule has 0 aliphatic heterocycles. The first-order valence-electron chi connectivity index (χ1n) is 6.88. The van der Waals surface area contributed by atoms with E-state index < -0.39 is 0 Å². The number of anilines is 1. The number of nitrogen functional groups attached to an aromatic ring is 1. The van der Waals surface area contributed by atoms with Crippen LogP contribution in [0.4, 0.5) is 5.69 Å². The number of nitrogens with two attached hydrogens (primary N) is 1. The molecule has 104 valence electrons. The zero-order chi connectivity index (χ0) is 13.8. The molecule has 0 atom stereocenters. The molecule has 1 aromatic carbocycles.